The van der Waals surface area contributed by atoms with E-state index in [4.69, 9.17) is 4.98 Å². The monoisotopic (exact) mass is 397 g/mol. The molecule has 5 nitrogen and oxygen atoms in total. The number of pyridine rings is 1. The minimum absolute atomic E-state index is 0. The molecule has 3 aliphatic rings. The van der Waals surface area contributed by atoms with Gasteiger partial charge in [0.15, 0.2) is 0 Å². The number of benzene rings is 1. The van der Waals surface area contributed by atoms with Crippen LogP contribution in [0.4, 0.5) is 5.69 Å². The van der Waals surface area contributed by atoms with Gasteiger partial charge in [0.2, 0.25) is 5.91 Å². The summed E-state index contributed by atoms with van der Waals surface area (Å²) < 4.78 is 0. The van der Waals surface area contributed by atoms with Crippen molar-refractivity contribution in [3.05, 3.63) is 47.3 Å². The van der Waals surface area contributed by atoms with Gasteiger partial charge in [-0.05, 0) is 61.9 Å². The second kappa shape index (κ2) is 6.89. The van der Waals surface area contributed by atoms with Gasteiger partial charge >= 0.3 is 0 Å². The molecule has 2 heterocycles. The number of halogens is 1. The van der Waals surface area contributed by atoms with Crippen molar-refractivity contribution in [3.63, 3.8) is 0 Å². The van der Waals surface area contributed by atoms with Crippen molar-refractivity contribution in [1.82, 2.24) is 10.3 Å². The molecule has 0 atom stereocenters. The molecular weight excluding hydrogens is 374 g/mol. The van der Waals surface area contributed by atoms with Crippen molar-refractivity contribution in [1.29, 1.82) is 0 Å². The lowest BCUT2D eigenvalue weighted by Gasteiger charge is -2.19. The second-order valence-corrected chi connectivity index (χ2v) is 8.14. The molecule has 0 unspecified atom stereocenters. The van der Waals surface area contributed by atoms with E-state index >= 15 is 0 Å². The Hall–Kier alpha value is -2.40. The second-order valence-electron chi connectivity index (χ2n) is 8.14. The van der Waals surface area contributed by atoms with Gasteiger partial charge in [-0.2, -0.15) is 0 Å². The number of carbonyl (C=O) groups is 2. The van der Waals surface area contributed by atoms with Gasteiger partial charge in [-0.3, -0.25) is 14.6 Å². The quantitative estimate of drug-likeness (QED) is 0.817. The van der Waals surface area contributed by atoms with E-state index in [1.807, 2.05) is 37.4 Å². The molecule has 146 valence electrons. The molecule has 0 bridgehead atoms. The molecule has 0 radical (unpaired) electrons. The lowest BCUT2D eigenvalue weighted by molar-refractivity contribution is -0.120. The molecule has 2 aromatic rings. The van der Waals surface area contributed by atoms with Crippen molar-refractivity contribution in [2.75, 3.05) is 5.32 Å². The first-order valence-corrected chi connectivity index (χ1v) is 9.81. The Labute approximate surface area is 170 Å². The predicted octanol–water partition coefficient (Wildman–Crippen LogP) is 4.13. The number of rotatable bonds is 3. The molecule has 2 aliphatic carbocycles. The van der Waals surface area contributed by atoms with E-state index in [1.54, 1.807) is 0 Å². The lowest BCUT2D eigenvalue weighted by Crippen LogP contribution is -2.31. The van der Waals surface area contributed by atoms with Crippen LogP contribution >= 0.6 is 12.4 Å². The summed E-state index contributed by atoms with van der Waals surface area (Å²) in [6.07, 6.45) is 7.91. The van der Waals surface area contributed by atoms with Gasteiger partial charge in [0.05, 0.1) is 16.8 Å². The maximum Gasteiger partial charge on any atom is 0.251 e. The number of hydrogen-bond donors (Lipinski definition) is 2. The minimum atomic E-state index is -0.422. The fraction of sp³-hybridized carbons (Fsp3) is 0.409. The smallest absolute Gasteiger partial charge is 0.251 e. The zero-order valence-electron chi connectivity index (χ0n) is 15.9. The molecule has 1 aromatic heterocycles. The van der Waals surface area contributed by atoms with E-state index in [1.165, 1.54) is 0 Å². The largest absolute Gasteiger partial charge is 0.349 e. The average Bonchev–Trinajstić information content (AvgIpc) is 3.26. The number of fused-ring (bicyclic) bond motifs is 2. The van der Waals surface area contributed by atoms with Crippen LogP contribution in [0.3, 0.4) is 0 Å². The topological polar surface area (TPSA) is 71.1 Å². The zero-order valence-corrected chi connectivity index (χ0v) is 16.7. The molecule has 2 fully saturated rings. The van der Waals surface area contributed by atoms with Gasteiger partial charge in [-0.15, -0.1) is 12.4 Å². The third-order valence-corrected chi connectivity index (χ3v) is 6.20. The van der Waals surface area contributed by atoms with Crippen molar-refractivity contribution in [3.8, 4) is 11.1 Å². The fourth-order valence-corrected chi connectivity index (χ4v) is 4.45. The van der Waals surface area contributed by atoms with Crippen molar-refractivity contribution < 1.29 is 9.59 Å². The first kappa shape index (κ1) is 18.9. The third kappa shape index (κ3) is 2.98. The number of anilines is 1. The number of nitrogens with one attached hydrogen (secondary N) is 2. The molecule has 5 rings (SSSR count). The first-order valence-electron chi connectivity index (χ1n) is 9.81. The summed E-state index contributed by atoms with van der Waals surface area (Å²) in [6, 6.07) is 8.12. The summed E-state index contributed by atoms with van der Waals surface area (Å²) in [5, 5.41) is 6.09. The van der Waals surface area contributed by atoms with Gasteiger partial charge in [-0.25, -0.2) is 0 Å². The van der Waals surface area contributed by atoms with E-state index in [2.05, 4.69) is 10.6 Å². The maximum absolute atomic E-state index is 12.6. The molecule has 28 heavy (non-hydrogen) atoms. The molecule has 2 N–H and O–H groups in total. The zero-order chi connectivity index (χ0) is 18.6. The minimum Gasteiger partial charge on any atom is -0.349 e. The Kier molecular flexibility index (Phi) is 4.66. The molecule has 1 spiro atoms. The highest BCUT2D eigenvalue weighted by atomic mass is 35.5. The summed E-state index contributed by atoms with van der Waals surface area (Å²) in [5.41, 5.74) is 4.96. The van der Waals surface area contributed by atoms with Crippen LogP contribution in [-0.2, 0) is 10.2 Å². The van der Waals surface area contributed by atoms with Crippen LogP contribution in [0.25, 0.3) is 11.1 Å². The first-order chi connectivity index (χ1) is 13.1. The normalized spacial score (nSPS) is 19.1. The summed E-state index contributed by atoms with van der Waals surface area (Å²) in [6.45, 7) is 2.03. The van der Waals surface area contributed by atoms with Crippen LogP contribution in [0.2, 0.25) is 0 Å². The Balaban J connectivity index is 0.00000192. The van der Waals surface area contributed by atoms with Crippen LogP contribution < -0.4 is 10.6 Å². The van der Waals surface area contributed by atoms with Gasteiger partial charge < -0.3 is 10.6 Å². The van der Waals surface area contributed by atoms with E-state index in [0.29, 0.717) is 11.6 Å². The maximum atomic E-state index is 12.6. The summed E-state index contributed by atoms with van der Waals surface area (Å²) in [4.78, 5) is 29.7. The van der Waals surface area contributed by atoms with Gasteiger partial charge in [-0.1, -0.05) is 18.9 Å². The van der Waals surface area contributed by atoms with E-state index in [0.717, 1.165) is 66.6 Å². The van der Waals surface area contributed by atoms with Crippen LogP contribution in [0, 0.1) is 6.92 Å². The molecule has 1 aliphatic heterocycles. The fourth-order valence-electron chi connectivity index (χ4n) is 4.45. The average molecular weight is 398 g/mol. The van der Waals surface area contributed by atoms with E-state index in [-0.39, 0.29) is 24.2 Å². The third-order valence-electron chi connectivity index (χ3n) is 6.20. The Morgan fingerprint density at radius 2 is 1.96 bits per heavy atom. The molecular formula is C22H24ClN3O2. The van der Waals surface area contributed by atoms with E-state index < -0.39 is 5.41 Å². The lowest BCUT2D eigenvalue weighted by atomic mass is 9.83. The van der Waals surface area contributed by atoms with Crippen LogP contribution in [-0.4, -0.2) is 22.8 Å². The van der Waals surface area contributed by atoms with Crippen molar-refractivity contribution in [2.24, 2.45) is 0 Å². The molecule has 2 saturated carbocycles. The van der Waals surface area contributed by atoms with Crippen molar-refractivity contribution in [2.45, 2.75) is 56.9 Å². The predicted molar refractivity (Wildman–Crippen MR) is 111 cm³/mol. The summed E-state index contributed by atoms with van der Waals surface area (Å²) in [5.74, 6) is 0.0695. The number of aromatic nitrogens is 1. The van der Waals surface area contributed by atoms with Crippen LogP contribution in [0.5, 0.6) is 0 Å². The van der Waals surface area contributed by atoms with Gasteiger partial charge in [0.1, 0.15) is 0 Å². The molecule has 1 aromatic carbocycles. The summed E-state index contributed by atoms with van der Waals surface area (Å²) >= 11 is 0. The molecule has 6 heteroatoms. The Morgan fingerprint density at radius 1 is 1.21 bits per heavy atom. The standard InChI is InChI=1S/C22H23N3O2.ClH/c1-13-4-5-14(20(26)24-16-6-7-16)10-17(13)15-11-18-19(23-12-15)22(21(27)25-18)8-2-3-9-22;/h4-5,10-12,16H,2-3,6-9H2,1H3,(H,24,26)(H,25,27);1H. The molecule has 2 amide bonds. The van der Waals surface area contributed by atoms with Gasteiger partial charge in [0, 0.05) is 23.4 Å². The number of aryl methyl sites for hydroxylation is 1. The highest BCUT2D eigenvalue weighted by Gasteiger charge is 2.49. The SMILES string of the molecule is Cc1ccc(C(=O)NC2CC2)cc1-c1cnc2c(c1)NC(=O)C21CCCC1.Cl. The van der Waals surface area contributed by atoms with Gasteiger partial charge in [0.25, 0.3) is 5.91 Å². The van der Waals surface area contributed by atoms with Crippen LogP contribution in [0.1, 0.15) is 60.1 Å². The number of amides is 2. The van der Waals surface area contributed by atoms with Crippen molar-refractivity contribution >= 4 is 29.9 Å². The van der Waals surface area contributed by atoms with E-state index in [9.17, 15) is 9.59 Å². The number of carbonyl (C=O) groups excluding carboxylic acids is 2. The Morgan fingerprint density at radius 3 is 2.68 bits per heavy atom. The molecule has 0 saturated heterocycles. The summed E-state index contributed by atoms with van der Waals surface area (Å²) in [7, 11) is 0. The number of hydrogen-bond acceptors (Lipinski definition) is 3. The number of nitrogens with zero attached hydrogens (tertiary/aromatic N) is 1. The van der Waals surface area contributed by atoms with Crippen LogP contribution in [0.15, 0.2) is 30.5 Å². The Bertz CT molecular complexity index is 962. The highest BCUT2D eigenvalue weighted by Crippen LogP contribution is 2.48. The highest BCUT2D eigenvalue weighted by molar-refractivity contribution is 6.06.